The number of alkyl carbamates (subject to hydrolysis) is 1. The minimum atomic E-state index is -0.432. The first-order chi connectivity index (χ1) is 13.6. The fraction of sp³-hybridized carbons (Fsp3) is 0.364. The maximum atomic E-state index is 11.9. The summed E-state index contributed by atoms with van der Waals surface area (Å²) in [5.41, 5.74) is 2.01. The average Bonchev–Trinajstić information content (AvgIpc) is 2.73. The molecule has 0 aliphatic heterocycles. The first-order valence-corrected chi connectivity index (χ1v) is 9.56. The molecule has 6 nitrogen and oxygen atoms in total. The van der Waals surface area contributed by atoms with E-state index < -0.39 is 6.09 Å². The van der Waals surface area contributed by atoms with Crippen LogP contribution in [0, 0.1) is 0 Å². The number of rotatable bonds is 10. The molecule has 0 saturated carbocycles. The highest BCUT2D eigenvalue weighted by Crippen LogP contribution is 2.12. The Morgan fingerprint density at radius 3 is 2.25 bits per heavy atom. The van der Waals surface area contributed by atoms with Crippen LogP contribution in [0.5, 0.6) is 5.75 Å². The van der Waals surface area contributed by atoms with Crippen molar-refractivity contribution in [2.24, 2.45) is 0 Å². The topological polar surface area (TPSA) is 67.9 Å². The van der Waals surface area contributed by atoms with Crippen molar-refractivity contribution in [3.63, 3.8) is 0 Å². The van der Waals surface area contributed by atoms with E-state index in [4.69, 9.17) is 9.47 Å². The van der Waals surface area contributed by atoms with Crippen LogP contribution in [0.3, 0.4) is 0 Å². The second-order valence-corrected chi connectivity index (χ2v) is 6.24. The summed E-state index contributed by atoms with van der Waals surface area (Å²) in [5.74, 6) is 0.631. The molecule has 0 saturated heterocycles. The molecule has 0 aromatic heterocycles. The molecule has 6 heteroatoms. The van der Waals surface area contributed by atoms with Gasteiger partial charge < -0.3 is 19.7 Å². The lowest BCUT2D eigenvalue weighted by Crippen LogP contribution is -2.34. The van der Waals surface area contributed by atoms with Crippen LogP contribution in [-0.4, -0.2) is 43.1 Å². The van der Waals surface area contributed by atoms with E-state index in [0.717, 1.165) is 11.1 Å². The molecule has 0 aliphatic carbocycles. The maximum absolute atomic E-state index is 11.9. The highest BCUT2D eigenvalue weighted by atomic mass is 16.5. The summed E-state index contributed by atoms with van der Waals surface area (Å²) < 4.78 is 10.7. The largest absolute Gasteiger partial charge is 0.484 e. The standard InChI is InChI=1S/C22H28N2O4/c1-3-24(4-2)21(25)17-27-20-12-10-18(11-13-20)14-15-23-22(26)28-16-19-8-6-5-7-9-19/h5-13H,3-4,14-17H2,1-2H3,(H,23,26). The van der Waals surface area contributed by atoms with Crippen LogP contribution in [0.25, 0.3) is 0 Å². The van der Waals surface area contributed by atoms with Crippen LogP contribution in [0.4, 0.5) is 4.79 Å². The van der Waals surface area contributed by atoms with Crippen molar-refractivity contribution in [2.45, 2.75) is 26.9 Å². The van der Waals surface area contributed by atoms with Crippen LogP contribution < -0.4 is 10.1 Å². The summed E-state index contributed by atoms with van der Waals surface area (Å²) in [6.45, 7) is 6.02. The third-order valence-electron chi connectivity index (χ3n) is 4.30. The first kappa shape index (κ1) is 21.3. The number of carbonyl (C=O) groups is 2. The fourth-order valence-electron chi connectivity index (χ4n) is 2.65. The average molecular weight is 384 g/mol. The van der Waals surface area contributed by atoms with Gasteiger partial charge in [0.1, 0.15) is 12.4 Å². The quantitative estimate of drug-likeness (QED) is 0.682. The van der Waals surface area contributed by atoms with Gasteiger partial charge in [-0.05, 0) is 43.5 Å². The summed E-state index contributed by atoms with van der Waals surface area (Å²) in [4.78, 5) is 25.4. The van der Waals surface area contributed by atoms with E-state index in [9.17, 15) is 9.59 Å². The zero-order valence-corrected chi connectivity index (χ0v) is 16.5. The molecule has 2 rings (SSSR count). The molecule has 0 heterocycles. The number of hydrogen-bond acceptors (Lipinski definition) is 4. The molecular formula is C22H28N2O4. The number of nitrogens with zero attached hydrogens (tertiary/aromatic N) is 1. The molecule has 2 aromatic rings. The van der Waals surface area contributed by atoms with Gasteiger partial charge in [-0.15, -0.1) is 0 Å². The van der Waals surface area contributed by atoms with Crippen LogP contribution in [0.1, 0.15) is 25.0 Å². The van der Waals surface area contributed by atoms with Gasteiger partial charge in [-0.25, -0.2) is 4.79 Å². The van der Waals surface area contributed by atoms with Gasteiger partial charge in [-0.3, -0.25) is 4.79 Å². The van der Waals surface area contributed by atoms with Gasteiger partial charge in [0.05, 0.1) is 0 Å². The molecule has 0 atom stereocenters. The van der Waals surface area contributed by atoms with Crippen molar-refractivity contribution in [2.75, 3.05) is 26.2 Å². The highest BCUT2D eigenvalue weighted by molar-refractivity contribution is 5.77. The number of likely N-dealkylation sites (N-methyl/N-ethyl adjacent to an activating group) is 1. The molecule has 1 N–H and O–H groups in total. The minimum Gasteiger partial charge on any atom is -0.484 e. The Balaban J connectivity index is 1.66. The normalized spacial score (nSPS) is 10.2. The Morgan fingerprint density at radius 2 is 1.61 bits per heavy atom. The van der Waals surface area contributed by atoms with Crippen molar-refractivity contribution in [3.05, 3.63) is 65.7 Å². The van der Waals surface area contributed by atoms with Gasteiger partial charge in [-0.2, -0.15) is 0 Å². The molecule has 0 aliphatic rings. The number of amides is 2. The molecule has 2 aromatic carbocycles. The Hall–Kier alpha value is -3.02. The first-order valence-electron chi connectivity index (χ1n) is 9.56. The summed E-state index contributed by atoms with van der Waals surface area (Å²) in [7, 11) is 0. The summed E-state index contributed by atoms with van der Waals surface area (Å²) in [6, 6.07) is 17.1. The lowest BCUT2D eigenvalue weighted by Gasteiger charge is -2.18. The van der Waals surface area contributed by atoms with Gasteiger partial charge in [-0.1, -0.05) is 42.5 Å². The molecular weight excluding hydrogens is 356 g/mol. The predicted octanol–water partition coefficient (Wildman–Crippen LogP) is 3.40. The number of nitrogens with one attached hydrogen (secondary N) is 1. The summed E-state index contributed by atoms with van der Waals surface area (Å²) >= 11 is 0. The van der Waals surface area contributed by atoms with E-state index >= 15 is 0 Å². The minimum absolute atomic E-state index is 0.0210. The van der Waals surface area contributed by atoms with E-state index in [2.05, 4.69) is 5.32 Å². The zero-order chi connectivity index (χ0) is 20.2. The van der Waals surface area contributed by atoms with Gasteiger partial charge in [0.15, 0.2) is 6.61 Å². The van der Waals surface area contributed by atoms with Crippen molar-refractivity contribution >= 4 is 12.0 Å². The monoisotopic (exact) mass is 384 g/mol. The van der Waals surface area contributed by atoms with Crippen molar-refractivity contribution in [1.82, 2.24) is 10.2 Å². The molecule has 0 radical (unpaired) electrons. The molecule has 0 bridgehead atoms. The Labute approximate surface area is 166 Å². The smallest absolute Gasteiger partial charge is 0.407 e. The Kier molecular flexibility index (Phi) is 8.85. The van der Waals surface area contributed by atoms with E-state index in [1.54, 1.807) is 4.90 Å². The van der Waals surface area contributed by atoms with Crippen molar-refractivity contribution in [1.29, 1.82) is 0 Å². The lowest BCUT2D eigenvalue weighted by molar-refractivity contribution is -0.132. The van der Waals surface area contributed by atoms with Gasteiger partial charge in [0.25, 0.3) is 5.91 Å². The van der Waals surface area contributed by atoms with Crippen molar-refractivity contribution in [3.8, 4) is 5.75 Å². The number of ether oxygens (including phenoxy) is 2. The third-order valence-corrected chi connectivity index (χ3v) is 4.30. The molecule has 2 amide bonds. The van der Waals surface area contributed by atoms with Crippen LogP contribution >= 0.6 is 0 Å². The van der Waals surface area contributed by atoms with E-state index in [1.807, 2.05) is 68.4 Å². The molecule has 150 valence electrons. The van der Waals surface area contributed by atoms with Crippen molar-refractivity contribution < 1.29 is 19.1 Å². The highest BCUT2D eigenvalue weighted by Gasteiger charge is 2.10. The van der Waals surface area contributed by atoms with Crippen LogP contribution in [0.2, 0.25) is 0 Å². The second-order valence-electron chi connectivity index (χ2n) is 6.24. The molecule has 0 spiro atoms. The zero-order valence-electron chi connectivity index (χ0n) is 16.5. The molecule has 28 heavy (non-hydrogen) atoms. The third kappa shape index (κ3) is 7.31. The Morgan fingerprint density at radius 1 is 0.929 bits per heavy atom. The summed E-state index contributed by atoms with van der Waals surface area (Å²) in [5, 5.41) is 2.74. The van der Waals surface area contributed by atoms with Crippen LogP contribution in [-0.2, 0) is 22.6 Å². The SMILES string of the molecule is CCN(CC)C(=O)COc1ccc(CCNC(=O)OCc2ccccc2)cc1. The predicted molar refractivity (Wildman–Crippen MR) is 108 cm³/mol. The van der Waals surface area contributed by atoms with E-state index in [-0.39, 0.29) is 19.1 Å². The second kappa shape index (κ2) is 11.6. The fourth-order valence-corrected chi connectivity index (χ4v) is 2.65. The van der Waals surface area contributed by atoms with Gasteiger partial charge in [0, 0.05) is 19.6 Å². The summed E-state index contributed by atoms with van der Waals surface area (Å²) in [6.07, 6.45) is 0.248. The number of hydrogen-bond donors (Lipinski definition) is 1. The maximum Gasteiger partial charge on any atom is 0.407 e. The number of benzene rings is 2. The number of carbonyl (C=O) groups excluding carboxylic acids is 2. The Bertz CT molecular complexity index is 728. The van der Waals surface area contributed by atoms with E-state index in [1.165, 1.54) is 0 Å². The molecule has 0 unspecified atom stereocenters. The van der Waals surface area contributed by atoms with Crippen LogP contribution in [0.15, 0.2) is 54.6 Å². The van der Waals surface area contributed by atoms with Gasteiger partial charge in [0.2, 0.25) is 0 Å². The lowest BCUT2D eigenvalue weighted by atomic mass is 10.1. The molecule has 0 fully saturated rings. The van der Waals surface area contributed by atoms with E-state index in [0.29, 0.717) is 31.8 Å². The van der Waals surface area contributed by atoms with Gasteiger partial charge >= 0.3 is 6.09 Å².